The molecule has 0 atom stereocenters. The summed E-state index contributed by atoms with van der Waals surface area (Å²) in [5.74, 6) is 0. The maximum absolute atomic E-state index is 7.32. The van der Waals surface area contributed by atoms with Gasteiger partial charge in [-0.2, -0.15) is 0 Å². The van der Waals surface area contributed by atoms with Crippen LogP contribution in [0.4, 0.5) is 11.4 Å². The molecule has 0 N–H and O–H groups in total. The molecule has 0 saturated heterocycles. The summed E-state index contributed by atoms with van der Waals surface area (Å²) in [5.41, 5.74) is 31.9. The molecule has 4 aliphatic carbocycles. The van der Waals surface area contributed by atoms with Crippen molar-refractivity contribution < 1.29 is 4.42 Å². The Morgan fingerprint density at radius 3 is 1.65 bits per heavy atom. The molecule has 3 nitrogen and oxygen atoms in total. The summed E-state index contributed by atoms with van der Waals surface area (Å²) in [7, 11) is 0. The van der Waals surface area contributed by atoms with Crippen LogP contribution < -0.4 is 15.7 Å². The number of hydrogen-bond acceptors (Lipinski definition) is 2. The number of aromatic nitrogens is 1. The van der Waals surface area contributed by atoms with Gasteiger partial charge in [0.25, 0.3) is 0 Å². The van der Waals surface area contributed by atoms with E-state index in [1.165, 1.54) is 150 Å². The van der Waals surface area contributed by atoms with Gasteiger partial charge in [0.2, 0.25) is 0 Å². The lowest BCUT2D eigenvalue weighted by Crippen LogP contribution is -2.61. The topological polar surface area (TPSA) is 21.3 Å². The minimum absolute atomic E-state index is 0.00299. The first-order chi connectivity index (χ1) is 36.8. The number of rotatable bonds is 1. The van der Waals surface area contributed by atoms with Gasteiger partial charge < -0.3 is 13.8 Å². The molecule has 6 aliphatic rings. The van der Waals surface area contributed by atoms with Crippen molar-refractivity contribution >= 4 is 72.9 Å². The Morgan fingerprint density at radius 2 is 1.01 bits per heavy atom. The lowest BCUT2D eigenvalue weighted by Gasteiger charge is -2.43. The molecule has 0 fully saturated rings. The molecule has 388 valence electrons. The number of anilines is 2. The highest BCUT2D eigenvalue weighted by Gasteiger charge is 2.52. The van der Waals surface area contributed by atoms with E-state index in [9.17, 15) is 0 Å². The minimum atomic E-state index is -0.288. The molecule has 0 saturated carbocycles. The van der Waals surface area contributed by atoms with Crippen LogP contribution in [0.25, 0.3) is 82.8 Å². The quantitative estimate of drug-likeness (QED) is 0.153. The maximum atomic E-state index is 7.32. The van der Waals surface area contributed by atoms with E-state index in [4.69, 9.17) is 4.42 Å². The predicted molar refractivity (Wildman–Crippen MR) is 331 cm³/mol. The Balaban J connectivity index is 1.13. The van der Waals surface area contributed by atoms with E-state index in [0.29, 0.717) is 0 Å². The van der Waals surface area contributed by atoms with Crippen LogP contribution in [0.1, 0.15) is 180 Å². The zero-order valence-electron chi connectivity index (χ0n) is 48.8. The van der Waals surface area contributed by atoms with Crippen molar-refractivity contribution in [3.05, 3.63) is 171 Å². The van der Waals surface area contributed by atoms with Crippen molar-refractivity contribution in [3.8, 4) is 39.1 Å². The first kappa shape index (κ1) is 47.2. The fourth-order valence-corrected chi connectivity index (χ4v) is 16.8. The molecule has 0 spiro atoms. The molecule has 0 radical (unpaired) electrons. The van der Waals surface area contributed by atoms with Gasteiger partial charge in [0.15, 0.2) is 0 Å². The third kappa shape index (κ3) is 5.73. The van der Waals surface area contributed by atoms with Gasteiger partial charge in [0.05, 0.1) is 11.0 Å². The van der Waals surface area contributed by atoms with Crippen LogP contribution in [0.15, 0.2) is 126 Å². The van der Waals surface area contributed by atoms with Gasteiger partial charge >= 0.3 is 6.85 Å². The normalized spacial score (nSPS) is 19.6. The molecule has 16 rings (SSSR count). The lowest BCUT2D eigenvalue weighted by atomic mass is 9.43. The summed E-state index contributed by atoms with van der Waals surface area (Å²) >= 11 is 0. The summed E-state index contributed by atoms with van der Waals surface area (Å²) in [5, 5.41) is 5.22. The van der Waals surface area contributed by atoms with Gasteiger partial charge in [-0.1, -0.05) is 171 Å². The van der Waals surface area contributed by atoms with Crippen molar-refractivity contribution in [1.82, 2.24) is 4.57 Å². The van der Waals surface area contributed by atoms with Gasteiger partial charge in [-0.3, -0.25) is 0 Å². The Labute approximate surface area is 462 Å². The zero-order chi connectivity index (χ0) is 54.1. The van der Waals surface area contributed by atoms with E-state index in [0.717, 1.165) is 30.4 Å². The molecule has 0 amide bonds. The van der Waals surface area contributed by atoms with Crippen molar-refractivity contribution in [2.75, 3.05) is 4.81 Å². The molecule has 0 bridgehead atoms. The van der Waals surface area contributed by atoms with E-state index in [1.807, 2.05) is 0 Å². The fourth-order valence-electron chi connectivity index (χ4n) is 16.8. The number of furan rings is 1. The smallest absolute Gasteiger partial charge is 0.333 e. The third-order valence-electron chi connectivity index (χ3n) is 21.6. The van der Waals surface area contributed by atoms with E-state index in [-0.39, 0.29) is 44.8 Å². The second kappa shape index (κ2) is 14.3. The van der Waals surface area contributed by atoms with Crippen LogP contribution in [-0.4, -0.2) is 11.4 Å². The molecule has 10 aromatic rings. The van der Waals surface area contributed by atoms with E-state index >= 15 is 0 Å². The standard InChI is InChI=1S/C74H73BN2O/c1-68(2,3)40-24-26-41(27-25-40)77-58-35-46-45-32-52-55(72(10,11)31-29-69(52,4)5)39-61(45)78-60(46)36-48(58)63-62-43-21-17-19-23-50(43)74(14,15)65(62)64-47-33-53-54(71(8,9)30-28-70(53,6)7)38-57(47)76-59-34-44-42-20-16-18-22-49(42)73(12,13)51(44)37-56(59)75(77)66(63)67(64)76/h16-27,32-39H,28-31H2,1-15H3. The van der Waals surface area contributed by atoms with Gasteiger partial charge in [-0.25, -0.2) is 0 Å². The third-order valence-corrected chi connectivity index (χ3v) is 21.6. The maximum Gasteiger partial charge on any atom is 0.333 e. The van der Waals surface area contributed by atoms with E-state index in [2.05, 4.69) is 235 Å². The van der Waals surface area contributed by atoms with Gasteiger partial charge in [-0.05, 0) is 196 Å². The summed E-state index contributed by atoms with van der Waals surface area (Å²) in [6.45, 7) is 36.6. The monoisotopic (exact) mass is 1020 g/mol. The number of benzene rings is 8. The van der Waals surface area contributed by atoms with Gasteiger partial charge in [0, 0.05) is 55.0 Å². The Kier molecular flexibility index (Phi) is 8.68. The number of nitrogens with zero attached hydrogens (tertiary/aromatic N) is 2. The molecule has 78 heavy (non-hydrogen) atoms. The average Bonchev–Trinajstić information content (AvgIpc) is 3.06. The van der Waals surface area contributed by atoms with Gasteiger partial charge in [0.1, 0.15) is 11.2 Å². The highest BCUT2D eigenvalue weighted by molar-refractivity contribution is 6.94. The first-order valence-electron chi connectivity index (χ1n) is 29.4. The minimum Gasteiger partial charge on any atom is -0.456 e. The van der Waals surface area contributed by atoms with Crippen molar-refractivity contribution in [2.24, 2.45) is 0 Å². The summed E-state index contributed by atoms with van der Waals surface area (Å²) in [6, 6.07) is 49.0. The molecular weight excluding hydrogens is 944 g/mol. The molecular formula is C74H73BN2O. The Hall–Kier alpha value is -6.78. The lowest BCUT2D eigenvalue weighted by molar-refractivity contribution is 0.332. The van der Waals surface area contributed by atoms with Crippen molar-refractivity contribution in [2.45, 2.75) is 167 Å². The number of hydrogen-bond donors (Lipinski definition) is 0. The van der Waals surface area contributed by atoms with Gasteiger partial charge in [-0.15, -0.1) is 0 Å². The van der Waals surface area contributed by atoms with Crippen LogP contribution in [0.5, 0.6) is 0 Å². The molecule has 4 heterocycles. The average molecular weight is 1020 g/mol. The highest BCUT2D eigenvalue weighted by Crippen LogP contribution is 2.61. The molecule has 0 unspecified atom stereocenters. The van der Waals surface area contributed by atoms with Crippen LogP contribution in [-0.2, 0) is 37.9 Å². The SMILES string of the molecule is CC(C)(C)c1ccc(N2B3c4cc5c(cc4-n4c6cc7c(cc6c6c8c(c(c3c64)-c3cc4oc6cc9c(cc6c4cc32)C(C)(C)CCC9(C)C)-c2ccccc2C8(C)C)C(C)(C)CCC7(C)C)-c2ccccc2C5(C)C)cc1. The molecule has 4 heteroatoms. The zero-order valence-corrected chi connectivity index (χ0v) is 48.8. The summed E-state index contributed by atoms with van der Waals surface area (Å²) in [6.07, 6.45) is 4.66. The Bertz CT molecular complexity index is 4420. The first-order valence-corrected chi connectivity index (χ1v) is 29.4. The molecule has 2 aromatic heterocycles. The Morgan fingerprint density at radius 1 is 0.462 bits per heavy atom. The largest absolute Gasteiger partial charge is 0.456 e. The fraction of sp³-hybridized carbons (Fsp3) is 0.351. The van der Waals surface area contributed by atoms with Crippen LogP contribution in [0, 0.1) is 0 Å². The van der Waals surface area contributed by atoms with Crippen molar-refractivity contribution in [1.29, 1.82) is 0 Å². The second-order valence-corrected chi connectivity index (χ2v) is 29.8. The van der Waals surface area contributed by atoms with E-state index < -0.39 is 0 Å². The summed E-state index contributed by atoms with van der Waals surface area (Å²) in [4.78, 5) is 2.78. The van der Waals surface area contributed by atoms with Crippen molar-refractivity contribution in [3.63, 3.8) is 0 Å². The second-order valence-electron chi connectivity index (χ2n) is 29.8. The highest BCUT2D eigenvalue weighted by atomic mass is 16.3. The number of fused-ring (bicyclic) bond motifs is 21. The van der Waals surface area contributed by atoms with Crippen LogP contribution in [0.3, 0.4) is 0 Å². The van der Waals surface area contributed by atoms with Crippen LogP contribution >= 0.6 is 0 Å². The van der Waals surface area contributed by atoms with E-state index in [1.54, 1.807) is 0 Å². The van der Waals surface area contributed by atoms with Crippen LogP contribution in [0.2, 0.25) is 0 Å². The predicted octanol–water partition coefficient (Wildman–Crippen LogP) is 18.5. The summed E-state index contributed by atoms with van der Waals surface area (Å²) < 4.78 is 10.1. The molecule has 2 aliphatic heterocycles. The molecule has 8 aromatic carbocycles.